The van der Waals surface area contributed by atoms with Gasteiger partial charge in [0.15, 0.2) is 6.29 Å². The van der Waals surface area contributed by atoms with E-state index >= 15 is 0 Å². The maximum absolute atomic E-state index is 12.9. The van der Waals surface area contributed by atoms with Crippen LogP contribution in [0, 0.1) is 0 Å². The summed E-state index contributed by atoms with van der Waals surface area (Å²) in [6.07, 6.45) is 5.39. The lowest BCUT2D eigenvalue weighted by Gasteiger charge is -2.35. The smallest absolute Gasteiger partial charge is 0.409 e. The second-order valence-corrected chi connectivity index (χ2v) is 12.1. The summed E-state index contributed by atoms with van der Waals surface area (Å²) in [5, 5.41) is 2.84. The minimum Gasteiger partial charge on any atom is -0.453 e. The molecule has 2 atom stereocenters. The Morgan fingerprint density at radius 1 is 1.13 bits per heavy atom. The summed E-state index contributed by atoms with van der Waals surface area (Å²) in [5.74, 6) is 0.561. The quantitative estimate of drug-likeness (QED) is 0.409. The molecule has 2 aromatic rings. The van der Waals surface area contributed by atoms with Crippen molar-refractivity contribution in [3.63, 3.8) is 0 Å². The first-order valence-corrected chi connectivity index (χ1v) is 14.7. The van der Waals surface area contributed by atoms with E-state index < -0.39 is 6.09 Å². The summed E-state index contributed by atoms with van der Waals surface area (Å²) in [4.78, 5) is 45.8. The number of nitrogens with zero attached hydrogens (tertiary/aromatic N) is 1. The Morgan fingerprint density at radius 3 is 2.74 bits per heavy atom. The van der Waals surface area contributed by atoms with E-state index in [0.29, 0.717) is 18.7 Å². The number of hydrogen-bond acceptors (Lipinski definition) is 8. The molecule has 9 nitrogen and oxygen atoms in total. The van der Waals surface area contributed by atoms with E-state index in [0.717, 1.165) is 59.6 Å². The summed E-state index contributed by atoms with van der Waals surface area (Å²) >= 11 is 3.52. The monoisotopic (exact) mass is 561 g/mol. The molecule has 11 heteroatoms. The summed E-state index contributed by atoms with van der Waals surface area (Å²) < 4.78 is 9.89. The molecule has 1 aromatic heterocycles. The Hall–Kier alpha value is -2.60. The molecule has 1 unspecified atom stereocenters. The summed E-state index contributed by atoms with van der Waals surface area (Å²) in [6.45, 7) is 0.548. The van der Waals surface area contributed by atoms with Gasteiger partial charge in [0.1, 0.15) is 6.54 Å². The van der Waals surface area contributed by atoms with Gasteiger partial charge in [-0.05, 0) is 61.3 Å². The number of hydrogen-bond donors (Lipinski definition) is 2. The molecule has 0 spiro atoms. The molecule has 38 heavy (non-hydrogen) atoms. The van der Waals surface area contributed by atoms with Gasteiger partial charge in [0.2, 0.25) is 11.8 Å². The molecule has 3 amide bonds. The minimum atomic E-state index is -0.572. The maximum atomic E-state index is 12.9. The zero-order valence-corrected chi connectivity index (χ0v) is 23.5. The first-order chi connectivity index (χ1) is 18.4. The van der Waals surface area contributed by atoms with Gasteiger partial charge in [0.25, 0.3) is 0 Å². The first-order valence-electron chi connectivity index (χ1n) is 12.9. The zero-order chi connectivity index (χ0) is 27.0. The van der Waals surface area contributed by atoms with Gasteiger partial charge >= 0.3 is 6.09 Å². The predicted octanol–water partition coefficient (Wildman–Crippen LogP) is 5.13. The Morgan fingerprint density at radius 2 is 2.00 bits per heavy atom. The highest BCUT2D eigenvalue weighted by molar-refractivity contribution is 8.00. The van der Waals surface area contributed by atoms with E-state index in [-0.39, 0.29) is 29.4 Å². The van der Waals surface area contributed by atoms with Gasteiger partial charge in [-0.15, -0.1) is 23.1 Å². The van der Waals surface area contributed by atoms with Crippen LogP contribution in [-0.2, 0) is 28.6 Å². The first kappa shape index (κ1) is 28.4. The Labute approximate surface area is 231 Å². The van der Waals surface area contributed by atoms with Crippen molar-refractivity contribution in [2.75, 3.05) is 38.4 Å². The summed E-state index contributed by atoms with van der Waals surface area (Å²) in [5.41, 5.74) is 4.25. The molecule has 0 saturated carbocycles. The van der Waals surface area contributed by atoms with Gasteiger partial charge in [0, 0.05) is 41.9 Å². The second kappa shape index (κ2) is 13.5. The van der Waals surface area contributed by atoms with Crippen LogP contribution < -0.4 is 10.8 Å². The second-order valence-electron chi connectivity index (χ2n) is 9.53. The van der Waals surface area contributed by atoms with Crippen LogP contribution in [0.25, 0.3) is 10.4 Å². The van der Waals surface area contributed by atoms with Gasteiger partial charge < -0.3 is 19.7 Å². The molecule has 0 radical (unpaired) electrons. The fourth-order valence-electron chi connectivity index (χ4n) is 4.63. The van der Waals surface area contributed by atoms with Crippen LogP contribution in [0.4, 0.5) is 10.5 Å². The van der Waals surface area contributed by atoms with Crippen LogP contribution in [0.2, 0.25) is 0 Å². The predicted molar refractivity (Wildman–Crippen MR) is 149 cm³/mol. The number of benzene rings is 1. The van der Waals surface area contributed by atoms with Crippen molar-refractivity contribution < 1.29 is 28.7 Å². The Kier molecular flexibility index (Phi) is 10.1. The van der Waals surface area contributed by atoms with Crippen molar-refractivity contribution in [1.82, 2.24) is 10.4 Å². The lowest BCUT2D eigenvalue weighted by molar-refractivity contribution is -0.200. The normalized spacial score (nSPS) is 21.4. The summed E-state index contributed by atoms with van der Waals surface area (Å²) in [7, 11) is 2.78. The fourth-order valence-corrected chi connectivity index (χ4v) is 7.52. The molecule has 2 N–H and O–H groups in total. The average molecular weight is 562 g/mol. The fraction of sp³-hybridized carbons (Fsp3) is 0.519. The molecular weight excluding hydrogens is 526 g/mol. The largest absolute Gasteiger partial charge is 0.453 e. The molecule has 2 aliphatic heterocycles. The number of likely N-dealkylation sites (N-methyl/N-ethyl adjacent to an activating group) is 1. The summed E-state index contributed by atoms with van der Waals surface area (Å²) in [6, 6.07) is 11.8. The third kappa shape index (κ3) is 7.49. The van der Waals surface area contributed by atoms with Crippen molar-refractivity contribution in [3.05, 3.63) is 41.3 Å². The molecule has 1 aromatic carbocycles. The number of ether oxygens (including phenoxy) is 2. The third-order valence-corrected chi connectivity index (χ3v) is 9.68. The highest BCUT2D eigenvalue weighted by Gasteiger charge is 2.38. The van der Waals surface area contributed by atoms with E-state index in [1.165, 1.54) is 19.1 Å². The molecular formula is C27H35N3O6S2. The van der Waals surface area contributed by atoms with Crippen LogP contribution in [0.3, 0.4) is 0 Å². The van der Waals surface area contributed by atoms with E-state index in [4.69, 9.17) is 9.57 Å². The lowest BCUT2D eigenvalue weighted by Crippen LogP contribution is -2.37. The van der Waals surface area contributed by atoms with Gasteiger partial charge in [-0.2, -0.15) is 0 Å². The van der Waals surface area contributed by atoms with E-state index in [1.54, 1.807) is 11.3 Å². The highest BCUT2D eigenvalue weighted by Crippen LogP contribution is 2.51. The van der Waals surface area contributed by atoms with Crippen molar-refractivity contribution in [2.24, 2.45) is 0 Å². The SMILES string of the molecule is COC(=O)N(C)CC(=O)Nc1cccc(-c2ccc([C@@]3(CC(=O)NOC4CCCCO4)CCCCS3)s2)c1. The van der Waals surface area contributed by atoms with Crippen molar-refractivity contribution in [1.29, 1.82) is 0 Å². The zero-order valence-electron chi connectivity index (χ0n) is 21.8. The van der Waals surface area contributed by atoms with Crippen molar-refractivity contribution in [3.8, 4) is 10.4 Å². The standard InChI is InChI=1S/C27H35N3O6S2/c1-30(26(33)34-2)18-24(32)28-20-9-7-8-19(16-20)21-11-12-22(38-21)27(13-4-6-15-37-27)17-23(31)29-36-25-10-3-5-14-35-25/h7-9,11-12,16,25H,3-6,10,13-15,17-18H2,1-2H3,(H,28,32)(H,29,31)/t25?,27-/m0/s1. The molecule has 0 bridgehead atoms. The van der Waals surface area contributed by atoms with Crippen LogP contribution in [0.15, 0.2) is 36.4 Å². The molecule has 4 rings (SSSR count). The Bertz CT molecular complexity index is 1110. The van der Waals surface area contributed by atoms with Crippen LogP contribution in [0.5, 0.6) is 0 Å². The number of hydroxylamine groups is 1. The number of rotatable bonds is 9. The molecule has 3 heterocycles. The van der Waals surface area contributed by atoms with Crippen LogP contribution >= 0.6 is 23.1 Å². The molecule has 0 aliphatic carbocycles. The minimum absolute atomic E-state index is 0.113. The number of carbonyl (C=O) groups excluding carboxylic acids is 3. The van der Waals surface area contributed by atoms with E-state index in [9.17, 15) is 14.4 Å². The van der Waals surface area contributed by atoms with Crippen molar-refractivity contribution >= 4 is 46.7 Å². The molecule has 206 valence electrons. The van der Waals surface area contributed by atoms with Gasteiger partial charge in [0.05, 0.1) is 11.9 Å². The number of nitrogens with one attached hydrogen (secondary N) is 2. The van der Waals surface area contributed by atoms with Gasteiger partial charge in [-0.3, -0.25) is 9.59 Å². The number of thioether (sulfide) groups is 1. The van der Waals surface area contributed by atoms with E-state index in [2.05, 4.69) is 27.7 Å². The van der Waals surface area contributed by atoms with Crippen molar-refractivity contribution in [2.45, 2.75) is 56.0 Å². The highest BCUT2D eigenvalue weighted by atomic mass is 32.2. The number of thiophene rings is 1. The molecule has 2 aliphatic rings. The van der Waals surface area contributed by atoms with Gasteiger partial charge in [-0.1, -0.05) is 18.6 Å². The van der Waals surface area contributed by atoms with E-state index in [1.807, 2.05) is 36.0 Å². The third-order valence-electron chi connectivity index (χ3n) is 6.59. The number of anilines is 1. The number of carbonyl (C=O) groups is 3. The van der Waals surface area contributed by atoms with Crippen LogP contribution in [-0.4, -0.2) is 62.2 Å². The Balaban J connectivity index is 1.43. The molecule has 2 saturated heterocycles. The van der Waals surface area contributed by atoms with Crippen LogP contribution in [0.1, 0.15) is 49.8 Å². The average Bonchev–Trinajstić information content (AvgIpc) is 3.44. The lowest BCUT2D eigenvalue weighted by atomic mass is 9.94. The number of methoxy groups -OCH3 is 1. The number of amides is 3. The topological polar surface area (TPSA) is 106 Å². The maximum Gasteiger partial charge on any atom is 0.409 e. The van der Waals surface area contributed by atoms with Gasteiger partial charge in [-0.25, -0.2) is 15.1 Å². The molecule has 2 fully saturated rings.